The maximum absolute atomic E-state index is 11.1. The van der Waals surface area contributed by atoms with Crippen LogP contribution in [-0.2, 0) is 4.79 Å². The van der Waals surface area contributed by atoms with Gasteiger partial charge in [0.1, 0.15) is 0 Å². The Morgan fingerprint density at radius 3 is 2.62 bits per heavy atom. The largest absolute Gasteiger partial charge is 0.358 e. The summed E-state index contributed by atoms with van der Waals surface area (Å²) in [5.41, 5.74) is 5.51. The zero-order chi connectivity index (χ0) is 10.3. The number of carbonyl (C=O) groups excluding carboxylic acids is 1. The van der Waals surface area contributed by atoms with Crippen molar-refractivity contribution in [2.24, 2.45) is 11.7 Å². The van der Waals surface area contributed by atoms with Crippen molar-refractivity contribution in [2.75, 3.05) is 33.2 Å². The minimum atomic E-state index is 0.0612. The molecule has 4 nitrogen and oxygen atoms in total. The highest BCUT2D eigenvalue weighted by Crippen LogP contribution is 1.97. The lowest BCUT2D eigenvalue weighted by Crippen LogP contribution is -2.39. The summed E-state index contributed by atoms with van der Waals surface area (Å²) in [5, 5.41) is 2.61. The average Bonchev–Trinajstić information content (AvgIpc) is 2.16. The van der Waals surface area contributed by atoms with Crippen LogP contribution in [0.25, 0.3) is 0 Å². The molecule has 0 aromatic carbocycles. The Kier molecular flexibility index (Phi) is 6.54. The molecule has 78 valence electrons. The molecule has 0 radical (unpaired) electrons. The predicted molar refractivity (Wildman–Crippen MR) is 54.4 cm³/mol. The van der Waals surface area contributed by atoms with Gasteiger partial charge in [0.25, 0.3) is 0 Å². The van der Waals surface area contributed by atoms with Crippen LogP contribution in [0.4, 0.5) is 0 Å². The average molecular weight is 187 g/mol. The van der Waals surface area contributed by atoms with Gasteiger partial charge in [-0.3, -0.25) is 9.69 Å². The lowest BCUT2D eigenvalue weighted by Gasteiger charge is -2.22. The van der Waals surface area contributed by atoms with E-state index in [-0.39, 0.29) is 5.91 Å². The Labute approximate surface area is 80.5 Å². The van der Waals surface area contributed by atoms with Gasteiger partial charge in [-0.05, 0) is 19.0 Å². The maximum Gasteiger partial charge on any atom is 0.233 e. The predicted octanol–water partition coefficient (Wildman–Crippen LogP) is -0.351. The Morgan fingerprint density at radius 2 is 2.23 bits per heavy atom. The third-order valence-electron chi connectivity index (χ3n) is 2.07. The summed E-state index contributed by atoms with van der Waals surface area (Å²) < 4.78 is 0. The van der Waals surface area contributed by atoms with Gasteiger partial charge in [0.05, 0.1) is 6.54 Å². The summed E-state index contributed by atoms with van der Waals surface area (Å²) >= 11 is 0. The number of nitrogens with one attached hydrogen (secondary N) is 1. The van der Waals surface area contributed by atoms with E-state index in [0.29, 0.717) is 19.0 Å². The van der Waals surface area contributed by atoms with E-state index in [2.05, 4.69) is 17.1 Å². The van der Waals surface area contributed by atoms with E-state index in [1.165, 1.54) is 0 Å². The van der Waals surface area contributed by atoms with Crippen molar-refractivity contribution < 1.29 is 4.79 Å². The Balaban J connectivity index is 3.81. The summed E-state index contributed by atoms with van der Waals surface area (Å²) in [6, 6.07) is 0. The number of nitrogens with zero attached hydrogens (tertiary/aromatic N) is 1. The minimum Gasteiger partial charge on any atom is -0.358 e. The quantitative estimate of drug-likeness (QED) is 0.597. The highest BCUT2D eigenvalue weighted by Gasteiger charge is 2.10. The second kappa shape index (κ2) is 6.86. The van der Waals surface area contributed by atoms with Gasteiger partial charge in [0.2, 0.25) is 5.91 Å². The van der Waals surface area contributed by atoms with Crippen molar-refractivity contribution in [3.05, 3.63) is 0 Å². The zero-order valence-electron chi connectivity index (χ0n) is 8.84. The Hall–Kier alpha value is -0.610. The van der Waals surface area contributed by atoms with Crippen LogP contribution in [0.2, 0.25) is 0 Å². The van der Waals surface area contributed by atoms with E-state index in [1.807, 2.05) is 6.92 Å². The third-order valence-corrected chi connectivity index (χ3v) is 2.07. The summed E-state index contributed by atoms with van der Waals surface area (Å²) in [4.78, 5) is 13.2. The van der Waals surface area contributed by atoms with E-state index in [0.717, 1.165) is 13.1 Å². The van der Waals surface area contributed by atoms with Crippen molar-refractivity contribution in [1.29, 1.82) is 0 Å². The van der Waals surface area contributed by atoms with Gasteiger partial charge >= 0.3 is 0 Å². The van der Waals surface area contributed by atoms with Gasteiger partial charge in [-0.25, -0.2) is 0 Å². The second-order valence-electron chi connectivity index (χ2n) is 3.34. The molecule has 0 aromatic rings. The van der Waals surface area contributed by atoms with E-state index in [1.54, 1.807) is 7.05 Å². The van der Waals surface area contributed by atoms with Crippen LogP contribution in [0, 0.1) is 5.92 Å². The van der Waals surface area contributed by atoms with Gasteiger partial charge in [0.15, 0.2) is 0 Å². The van der Waals surface area contributed by atoms with Gasteiger partial charge < -0.3 is 11.1 Å². The summed E-state index contributed by atoms with van der Waals surface area (Å²) in [6.07, 6.45) is 0. The smallest absolute Gasteiger partial charge is 0.233 e. The molecule has 0 aliphatic carbocycles. The highest BCUT2D eigenvalue weighted by molar-refractivity contribution is 5.77. The molecular formula is C9H21N3O. The molecule has 0 aliphatic heterocycles. The molecule has 0 fully saturated rings. The zero-order valence-corrected chi connectivity index (χ0v) is 8.84. The minimum absolute atomic E-state index is 0.0612. The lowest BCUT2D eigenvalue weighted by molar-refractivity contribution is -0.121. The number of hydrogen-bond donors (Lipinski definition) is 2. The molecule has 1 unspecified atom stereocenters. The fraction of sp³-hybridized carbons (Fsp3) is 0.889. The van der Waals surface area contributed by atoms with Crippen LogP contribution in [0.1, 0.15) is 13.8 Å². The molecule has 13 heavy (non-hydrogen) atoms. The molecule has 1 atom stereocenters. The molecule has 0 heterocycles. The molecule has 0 saturated heterocycles. The second-order valence-corrected chi connectivity index (χ2v) is 3.34. The fourth-order valence-corrected chi connectivity index (χ4v) is 1.10. The Morgan fingerprint density at radius 1 is 1.62 bits per heavy atom. The van der Waals surface area contributed by atoms with E-state index >= 15 is 0 Å². The first-order valence-electron chi connectivity index (χ1n) is 4.77. The number of rotatable bonds is 6. The van der Waals surface area contributed by atoms with Crippen LogP contribution in [0.5, 0.6) is 0 Å². The topological polar surface area (TPSA) is 58.4 Å². The molecule has 3 N–H and O–H groups in total. The monoisotopic (exact) mass is 187 g/mol. The van der Waals surface area contributed by atoms with Gasteiger partial charge in [0, 0.05) is 13.6 Å². The fourth-order valence-electron chi connectivity index (χ4n) is 1.10. The standard InChI is InChI=1S/C9H21N3O/c1-4-12(6-8(2)5-10)7-9(13)11-3/h8H,4-7,10H2,1-3H3,(H,11,13). The van der Waals surface area contributed by atoms with Crippen molar-refractivity contribution in [3.8, 4) is 0 Å². The van der Waals surface area contributed by atoms with Crippen LogP contribution in [0.15, 0.2) is 0 Å². The van der Waals surface area contributed by atoms with E-state index in [9.17, 15) is 4.79 Å². The van der Waals surface area contributed by atoms with Crippen LogP contribution in [-0.4, -0.2) is 44.0 Å². The van der Waals surface area contributed by atoms with Crippen LogP contribution >= 0.6 is 0 Å². The SMILES string of the molecule is CCN(CC(=O)NC)CC(C)CN. The molecule has 0 saturated carbocycles. The first-order chi connectivity index (χ1) is 6.13. The van der Waals surface area contributed by atoms with Crippen molar-refractivity contribution in [1.82, 2.24) is 10.2 Å². The third kappa shape index (κ3) is 5.60. The highest BCUT2D eigenvalue weighted by atomic mass is 16.1. The number of amides is 1. The summed E-state index contributed by atoms with van der Waals surface area (Å²) in [6.45, 7) is 7.05. The first-order valence-corrected chi connectivity index (χ1v) is 4.77. The first kappa shape index (κ1) is 12.4. The number of likely N-dealkylation sites (N-methyl/N-ethyl adjacent to an activating group) is 2. The number of nitrogens with two attached hydrogens (primary N) is 1. The van der Waals surface area contributed by atoms with E-state index < -0.39 is 0 Å². The van der Waals surface area contributed by atoms with E-state index in [4.69, 9.17) is 5.73 Å². The number of hydrogen-bond acceptors (Lipinski definition) is 3. The Bertz CT molecular complexity index is 150. The molecular weight excluding hydrogens is 166 g/mol. The van der Waals surface area contributed by atoms with Gasteiger partial charge in [-0.15, -0.1) is 0 Å². The molecule has 0 aliphatic rings. The summed E-state index contributed by atoms with van der Waals surface area (Å²) in [7, 11) is 1.66. The van der Waals surface area contributed by atoms with Crippen molar-refractivity contribution in [3.63, 3.8) is 0 Å². The summed E-state index contributed by atoms with van der Waals surface area (Å²) in [5.74, 6) is 0.510. The number of carbonyl (C=O) groups is 1. The van der Waals surface area contributed by atoms with Crippen LogP contribution < -0.4 is 11.1 Å². The molecule has 0 spiro atoms. The van der Waals surface area contributed by atoms with Gasteiger partial charge in [-0.1, -0.05) is 13.8 Å². The lowest BCUT2D eigenvalue weighted by atomic mass is 10.1. The molecule has 1 amide bonds. The van der Waals surface area contributed by atoms with Crippen molar-refractivity contribution >= 4 is 5.91 Å². The van der Waals surface area contributed by atoms with Crippen LogP contribution in [0.3, 0.4) is 0 Å². The normalized spacial score (nSPS) is 13.0. The van der Waals surface area contributed by atoms with Crippen molar-refractivity contribution in [2.45, 2.75) is 13.8 Å². The molecule has 0 bridgehead atoms. The molecule has 0 aromatic heterocycles. The molecule has 0 rings (SSSR count). The molecule has 4 heteroatoms. The van der Waals surface area contributed by atoms with Gasteiger partial charge in [-0.2, -0.15) is 0 Å². The maximum atomic E-state index is 11.1.